The van der Waals surface area contributed by atoms with Crippen LogP contribution in [0.5, 0.6) is 0 Å². The number of sulfonamides is 1. The third kappa shape index (κ3) is 3.16. The fourth-order valence-corrected chi connectivity index (χ4v) is 3.48. The average molecular weight is 280 g/mol. The molecule has 2 rings (SSSR count). The van der Waals surface area contributed by atoms with Gasteiger partial charge in [-0.1, -0.05) is 50.1 Å². The highest BCUT2D eigenvalue weighted by Crippen LogP contribution is 2.29. The van der Waals surface area contributed by atoms with Gasteiger partial charge in [0.05, 0.1) is 0 Å². The Morgan fingerprint density at radius 1 is 1.37 bits per heavy atom. The van der Waals surface area contributed by atoms with E-state index in [2.05, 4.69) is 0 Å². The van der Waals surface area contributed by atoms with Crippen LogP contribution in [-0.2, 0) is 10.0 Å². The van der Waals surface area contributed by atoms with Crippen LogP contribution in [0.1, 0.15) is 31.7 Å². The van der Waals surface area contributed by atoms with Gasteiger partial charge in [-0.15, -0.1) is 0 Å². The largest absolute Gasteiger partial charge is 0.350 e. The van der Waals surface area contributed by atoms with Gasteiger partial charge >= 0.3 is 0 Å². The first kappa shape index (κ1) is 14.1. The summed E-state index contributed by atoms with van der Waals surface area (Å²) in [6, 6.07) is 7.80. The van der Waals surface area contributed by atoms with E-state index in [0.717, 1.165) is 24.1 Å². The van der Waals surface area contributed by atoms with E-state index in [0.29, 0.717) is 13.0 Å². The first-order valence-corrected chi connectivity index (χ1v) is 8.19. The number of anilines is 1. The van der Waals surface area contributed by atoms with E-state index < -0.39 is 15.4 Å². The Hall–Kier alpha value is -1.33. The summed E-state index contributed by atoms with van der Waals surface area (Å²) in [6.07, 6.45) is 6.37. The van der Waals surface area contributed by atoms with E-state index >= 15 is 0 Å². The first-order valence-electron chi connectivity index (χ1n) is 6.58. The minimum absolute atomic E-state index is 0.567. The summed E-state index contributed by atoms with van der Waals surface area (Å²) in [4.78, 5) is 1.89. The number of unbranched alkanes of at least 4 members (excludes halogenated alkanes) is 1. The van der Waals surface area contributed by atoms with Crippen LogP contribution in [0.4, 0.5) is 5.69 Å². The van der Waals surface area contributed by atoms with Crippen LogP contribution in [0.25, 0.3) is 6.08 Å². The van der Waals surface area contributed by atoms with Crippen molar-refractivity contribution < 1.29 is 8.42 Å². The van der Waals surface area contributed by atoms with Gasteiger partial charge in [0.1, 0.15) is 5.37 Å². The number of nitrogens with zero attached hydrogens (tertiary/aromatic N) is 1. The molecule has 1 atom stereocenters. The molecule has 0 saturated heterocycles. The summed E-state index contributed by atoms with van der Waals surface area (Å²) in [6.45, 7) is 2.63. The molecule has 2 N–H and O–H groups in total. The normalized spacial score (nSPS) is 16.2. The van der Waals surface area contributed by atoms with Crippen molar-refractivity contribution in [3.8, 4) is 0 Å². The zero-order valence-corrected chi connectivity index (χ0v) is 11.9. The minimum Gasteiger partial charge on any atom is -0.350 e. The van der Waals surface area contributed by atoms with Crippen LogP contribution >= 0.6 is 0 Å². The molecule has 0 bridgehead atoms. The van der Waals surface area contributed by atoms with Crippen LogP contribution in [0.15, 0.2) is 30.3 Å². The zero-order chi connectivity index (χ0) is 13.9. The Labute approximate surface area is 115 Å². The van der Waals surface area contributed by atoms with E-state index in [9.17, 15) is 8.42 Å². The molecule has 0 spiro atoms. The van der Waals surface area contributed by atoms with Crippen molar-refractivity contribution in [2.75, 3.05) is 11.4 Å². The molecule has 19 heavy (non-hydrogen) atoms. The van der Waals surface area contributed by atoms with Crippen molar-refractivity contribution in [2.24, 2.45) is 5.14 Å². The molecule has 0 aromatic heterocycles. The Morgan fingerprint density at radius 2 is 2.11 bits per heavy atom. The first-order chi connectivity index (χ1) is 9.04. The predicted octanol–water partition coefficient (Wildman–Crippen LogP) is 2.32. The lowest BCUT2D eigenvalue weighted by atomic mass is 10.1. The number of hydrogen-bond acceptors (Lipinski definition) is 3. The van der Waals surface area contributed by atoms with Gasteiger partial charge in [0.15, 0.2) is 0 Å². The molecule has 1 aliphatic rings. The Bertz CT molecular complexity index is 567. The number of primary sulfonamides is 1. The van der Waals surface area contributed by atoms with Gasteiger partial charge in [-0.05, 0) is 18.1 Å². The van der Waals surface area contributed by atoms with Crippen molar-refractivity contribution >= 4 is 21.8 Å². The van der Waals surface area contributed by atoms with Crippen molar-refractivity contribution in [1.29, 1.82) is 0 Å². The number of fused-ring (bicyclic) bond motifs is 1. The Kier molecular flexibility index (Phi) is 4.27. The van der Waals surface area contributed by atoms with Crippen molar-refractivity contribution in [1.82, 2.24) is 0 Å². The monoisotopic (exact) mass is 280 g/mol. The van der Waals surface area contributed by atoms with Crippen LogP contribution < -0.4 is 10.0 Å². The number of nitrogens with two attached hydrogens (primary N) is 1. The number of para-hydroxylation sites is 1. The van der Waals surface area contributed by atoms with Gasteiger partial charge in [0.25, 0.3) is 0 Å². The second kappa shape index (κ2) is 5.75. The van der Waals surface area contributed by atoms with Crippen molar-refractivity contribution in [3.05, 3.63) is 35.9 Å². The van der Waals surface area contributed by atoms with Gasteiger partial charge in [-0.2, -0.15) is 0 Å². The summed E-state index contributed by atoms with van der Waals surface area (Å²) in [5.74, 6) is 0. The molecule has 0 radical (unpaired) electrons. The minimum atomic E-state index is -3.59. The maximum absolute atomic E-state index is 11.9. The number of benzene rings is 1. The lowest BCUT2D eigenvalue weighted by Gasteiger charge is -2.34. The van der Waals surface area contributed by atoms with E-state index in [1.165, 1.54) is 0 Å². The zero-order valence-electron chi connectivity index (χ0n) is 11.1. The lowest BCUT2D eigenvalue weighted by Crippen LogP contribution is -2.45. The highest BCUT2D eigenvalue weighted by molar-refractivity contribution is 7.89. The topological polar surface area (TPSA) is 63.4 Å². The summed E-state index contributed by atoms with van der Waals surface area (Å²) in [5, 5.41) is 4.77. The maximum Gasteiger partial charge on any atom is 0.230 e. The fourth-order valence-electron chi connectivity index (χ4n) is 2.43. The second-order valence-corrected chi connectivity index (χ2v) is 6.52. The molecule has 5 heteroatoms. The highest BCUT2D eigenvalue weighted by Gasteiger charge is 2.29. The van der Waals surface area contributed by atoms with Gasteiger partial charge in [0.2, 0.25) is 10.0 Å². The molecule has 4 nitrogen and oxygen atoms in total. The maximum atomic E-state index is 11.9. The van der Waals surface area contributed by atoms with Crippen LogP contribution in [0, 0.1) is 0 Å². The Balaban J connectivity index is 2.35. The predicted molar refractivity (Wildman–Crippen MR) is 79.2 cm³/mol. The molecule has 0 saturated carbocycles. The Morgan fingerprint density at radius 3 is 2.79 bits per heavy atom. The highest BCUT2D eigenvalue weighted by atomic mass is 32.2. The molecule has 1 aromatic carbocycles. The summed E-state index contributed by atoms with van der Waals surface area (Å²) < 4.78 is 23.7. The third-order valence-electron chi connectivity index (χ3n) is 3.38. The summed E-state index contributed by atoms with van der Waals surface area (Å²) in [5.41, 5.74) is 1.99. The van der Waals surface area contributed by atoms with Gasteiger partial charge < -0.3 is 4.90 Å². The third-order valence-corrected chi connectivity index (χ3v) is 4.63. The molecular weight excluding hydrogens is 260 g/mol. The molecule has 1 aromatic rings. The number of rotatable bonds is 5. The quantitative estimate of drug-likeness (QED) is 0.900. The smallest absolute Gasteiger partial charge is 0.230 e. The van der Waals surface area contributed by atoms with E-state index in [1.807, 2.05) is 48.2 Å². The molecular formula is C14H20N2O2S. The molecule has 0 amide bonds. The molecule has 1 unspecified atom stereocenters. The lowest BCUT2D eigenvalue weighted by molar-refractivity contribution is 0.556. The van der Waals surface area contributed by atoms with Crippen LogP contribution in [0.2, 0.25) is 0 Å². The standard InChI is InChI=1S/C14H20N2O2S/c1-2-3-10-14(19(15,17)18)16-11-6-8-12-7-4-5-9-13(12)16/h4-9,14H,2-3,10-11H2,1H3,(H2,15,17,18). The van der Waals surface area contributed by atoms with Crippen LogP contribution in [-0.4, -0.2) is 20.3 Å². The van der Waals surface area contributed by atoms with E-state index in [1.54, 1.807) is 0 Å². The summed E-state index contributed by atoms with van der Waals surface area (Å²) >= 11 is 0. The second-order valence-electron chi connectivity index (χ2n) is 4.80. The average Bonchev–Trinajstić information content (AvgIpc) is 2.38. The van der Waals surface area contributed by atoms with Crippen LogP contribution in [0.3, 0.4) is 0 Å². The van der Waals surface area contributed by atoms with Crippen molar-refractivity contribution in [2.45, 2.75) is 31.6 Å². The molecule has 0 fully saturated rings. The van der Waals surface area contributed by atoms with Crippen molar-refractivity contribution in [3.63, 3.8) is 0 Å². The van der Waals surface area contributed by atoms with E-state index in [4.69, 9.17) is 5.14 Å². The van der Waals surface area contributed by atoms with Gasteiger partial charge in [0, 0.05) is 12.2 Å². The molecule has 1 heterocycles. The molecule has 1 aliphatic heterocycles. The number of hydrogen-bond donors (Lipinski definition) is 1. The SMILES string of the molecule is CCCCC(N1CC=Cc2ccccc21)S(N)(=O)=O. The van der Waals surface area contributed by atoms with Gasteiger partial charge in [-0.25, -0.2) is 13.6 Å². The van der Waals surface area contributed by atoms with Gasteiger partial charge in [-0.3, -0.25) is 0 Å². The van der Waals surface area contributed by atoms with E-state index in [-0.39, 0.29) is 0 Å². The molecule has 104 valence electrons. The fraction of sp³-hybridized carbons (Fsp3) is 0.429. The summed E-state index contributed by atoms with van der Waals surface area (Å²) in [7, 11) is -3.59. The molecule has 0 aliphatic carbocycles.